The Morgan fingerprint density at radius 1 is 1.07 bits per heavy atom. The second kappa shape index (κ2) is 7.75. The molecule has 0 bridgehead atoms. The first-order valence-corrected chi connectivity index (χ1v) is 10.1. The quantitative estimate of drug-likeness (QED) is 0.739. The van der Waals surface area contributed by atoms with Crippen molar-refractivity contribution in [3.05, 3.63) is 77.2 Å². The van der Waals surface area contributed by atoms with Gasteiger partial charge in [-0.05, 0) is 36.8 Å². The van der Waals surface area contributed by atoms with Crippen LogP contribution in [0.5, 0.6) is 0 Å². The number of hydrogen-bond donors (Lipinski definition) is 0. The molecule has 1 aliphatic heterocycles. The average molecular weight is 385 g/mol. The molecule has 0 aromatic heterocycles. The first kappa shape index (κ1) is 18.8. The first-order chi connectivity index (χ1) is 12.9. The summed E-state index contributed by atoms with van der Waals surface area (Å²) in [7, 11) is -3.34. The standard InChI is InChI=1S/C20H19NO5S/c1-15-7-5-6-10-18(15)20(23)26-13-19(22)21(16-8-3-2-4-9-16)17-11-12-27(24,25)14-17/h2-12,17H,13-14H2,1H3/t17-/m1/s1. The number of nitrogens with zero attached hydrogens (tertiary/aromatic N) is 1. The van der Waals surface area contributed by atoms with E-state index in [0.29, 0.717) is 11.3 Å². The molecule has 27 heavy (non-hydrogen) atoms. The van der Waals surface area contributed by atoms with Gasteiger partial charge in [0.1, 0.15) is 0 Å². The molecule has 0 spiro atoms. The van der Waals surface area contributed by atoms with E-state index in [-0.39, 0.29) is 5.75 Å². The summed E-state index contributed by atoms with van der Waals surface area (Å²) < 4.78 is 28.7. The van der Waals surface area contributed by atoms with Crippen LogP contribution in [-0.4, -0.2) is 38.7 Å². The number of sulfone groups is 1. The summed E-state index contributed by atoms with van der Waals surface area (Å²) in [6, 6.07) is 15.0. The van der Waals surface area contributed by atoms with E-state index in [1.54, 1.807) is 61.5 Å². The fourth-order valence-electron chi connectivity index (χ4n) is 2.91. The van der Waals surface area contributed by atoms with Crippen LogP contribution in [0.25, 0.3) is 0 Å². The number of rotatable bonds is 5. The Morgan fingerprint density at radius 3 is 2.37 bits per heavy atom. The van der Waals surface area contributed by atoms with Crippen LogP contribution < -0.4 is 4.90 Å². The zero-order valence-electron chi connectivity index (χ0n) is 14.7. The molecular formula is C20H19NO5S. The van der Waals surface area contributed by atoms with Gasteiger partial charge in [-0.2, -0.15) is 0 Å². The van der Waals surface area contributed by atoms with Crippen LogP contribution in [0.4, 0.5) is 5.69 Å². The summed E-state index contributed by atoms with van der Waals surface area (Å²) in [5.41, 5.74) is 1.68. The molecule has 1 aliphatic rings. The highest BCUT2D eigenvalue weighted by atomic mass is 32.2. The molecule has 1 atom stereocenters. The lowest BCUT2D eigenvalue weighted by Gasteiger charge is -2.27. The van der Waals surface area contributed by atoms with E-state index < -0.39 is 34.4 Å². The highest BCUT2D eigenvalue weighted by Crippen LogP contribution is 2.23. The van der Waals surface area contributed by atoms with Gasteiger partial charge in [-0.25, -0.2) is 13.2 Å². The first-order valence-electron chi connectivity index (χ1n) is 8.38. The zero-order chi connectivity index (χ0) is 19.4. The van der Waals surface area contributed by atoms with Crippen LogP contribution in [0.3, 0.4) is 0 Å². The molecule has 0 saturated heterocycles. The summed E-state index contributed by atoms with van der Waals surface area (Å²) in [6.07, 6.45) is 1.48. The molecule has 1 amide bonds. The molecule has 1 heterocycles. The summed E-state index contributed by atoms with van der Waals surface area (Å²) in [6.45, 7) is 1.30. The molecule has 2 aromatic carbocycles. The van der Waals surface area contributed by atoms with E-state index >= 15 is 0 Å². The van der Waals surface area contributed by atoms with Gasteiger partial charge in [0, 0.05) is 11.1 Å². The SMILES string of the molecule is Cc1ccccc1C(=O)OCC(=O)N(c1ccccc1)[C@@H]1C=CS(=O)(=O)C1. The number of esters is 1. The number of carbonyl (C=O) groups excluding carboxylic acids is 2. The molecule has 0 fully saturated rings. The van der Waals surface area contributed by atoms with Crippen molar-refractivity contribution in [1.29, 1.82) is 0 Å². The summed E-state index contributed by atoms with van der Waals surface area (Å²) in [4.78, 5) is 26.4. The van der Waals surface area contributed by atoms with Crippen LogP contribution in [-0.2, 0) is 19.4 Å². The summed E-state index contributed by atoms with van der Waals surface area (Å²) >= 11 is 0. The largest absolute Gasteiger partial charge is 0.452 e. The summed E-state index contributed by atoms with van der Waals surface area (Å²) in [5.74, 6) is -1.28. The Kier molecular flexibility index (Phi) is 5.41. The Labute approximate surface area is 158 Å². The van der Waals surface area contributed by atoms with Gasteiger partial charge in [-0.1, -0.05) is 36.4 Å². The van der Waals surface area contributed by atoms with E-state index in [9.17, 15) is 18.0 Å². The highest BCUT2D eigenvalue weighted by molar-refractivity contribution is 7.94. The molecule has 0 unspecified atom stereocenters. The molecular weight excluding hydrogens is 366 g/mol. The van der Waals surface area contributed by atoms with Crippen LogP contribution >= 0.6 is 0 Å². The topological polar surface area (TPSA) is 80.8 Å². The number of aryl methyl sites for hydroxylation is 1. The number of benzene rings is 2. The van der Waals surface area contributed by atoms with Crippen molar-refractivity contribution in [3.8, 4) is 0 Å². The normalized spacial score (nSPS) is 17.4. The lowest BCUT2D eigenvalue weighted by atomic mass is 10.1. The van der Waals surface area contributed by atoms with Crippen molar-refractivity contribution in [2.45, 2.75) is 13.0 Å². The van der Waals surface area contributed by atoms with Crippen LogP contribution in [0.15, 0.2) is 66.1 Å². The van der Waals surface area contributed by atoms with Gasteiger partial charge in [0.25, 0.3) is 5.91 Å². The molecule has 140 valence electrons. The smallest absolute Gasteiger partial charge is 0.338 e. The number of amides is 1. The second-order valence-electron chi connectivity index (χ2n) is 6.22. The maximum atomic E-state index is 12.8. The number of ether oxygens (including phenoxy) is 1. The maximum Gasteiger partial charge on any atom is 0.338 e. The van der Waals surface area contributed by atoms with Gasteiger partial charge in [-0.3, -0.25) is 4.79 Å². The lowest BCUT2D eigenvalue weighted by Crippen LogP contribution is -2.43. The van der Waals surface area contributed by atoms with Crippen molar-refractivity contribution in [2.24, 2.45) is 0 Å². The van der Waals surface area contributed by atoms with Gasteiger partial charge in [0.2, 0.25) is 0 Å². The van der Waals surface area contributed by atoms with Crippen molar-refractivity contribution in [3.63, 3.8) is 0 Å². The fraction of sp³-hybridized carbons (Fsp3) is 0.200. The number of hydrogen-bond acceptors (Lipinski definition) is 5. The lowest BCUT2D eigenvalue weighted by molar-refractivity contribution is -0.121. The number of anilines is 1. The Morgan fingerprint density at radius 2 is 1.74 bits per heavy atom. The molecule has 6 nitrogen and oxygen atoms in total. The molecule has 0 saturated carbocycles. The average Bonchev–Trinajstić information content (AvgIpc) is 3.00. The zero-order valence-corrected chi connectivity index (χ0v) is 15.6. The van der Waals surface area contributed by atoms with Crippen LogP contribution in [0.2, 0.25) is 0 Å². The highest BCUT2D eigenvalue weighted by Gasteiger charge is 2.31. The van der Waals surface area contributed by atoms with Crippen LogP contribution in [0.1, 0.15) is 15.9 Å². The van der Waals surface area contributed by atoms with Crippen molar-refractivity contribution < 1.29 is 22.7 Å². The third-order valence-corrected chi connectivity index (χ3v) is 5.62. The Hall–Kier alpha value is -2.93. The minimum atomic E-state index is -3.34. The van der Waals surface area contributed by atoms with Crippen LogP contribution in [0, 0.1) is 6.92 Å². The Bertz CT molecular complexity index is 982. The molecule has 0 N–H and O–H groups in total. The predicted molar refractivity (Wildman–Crippen MR) is 102 cm³/mol. The molecule has 0 radical (unpaired) electrons. The van der Waals surface area contributed by atoms with E-state index in [1.165, 1.54) is 11.0 Å². The maximum absolute atomic E-state index is 12.8. The van der Waals surface area contributed by atoms with E-state index in [4.69, 9.17) is 4.74 Å². The van der Waals surface area contributed by atoms with Crippen molar-refractivity contribution >= 4 is 27.4 Å². The van der Waals surface area contributed by atoms with E-state index in [2.05, 4.69) is 0 Å². The molecule has 3 rings (SSSR count). The van der Waals surface area contributed by atoms with Crippen molar-refractivity contribution in [2.75, 3.05) is 17.3 Å². The molecule has 0 aliphatic carbocycles. The van der Waals surface area contributed by atoms with Gasteiger partial charge < -0.3 is 9.64 Å². The molecule has 2 aromatic rings. The third kappa shape index (κ3) is 4.43. The fourth-order valence-corrected chi connectivity index (χ4v) is 4.17. The Balaban J connectivity index is 1.77. The van der Waals surface area contributed by atoms with Gasteiger partial charge in [0.15, 0.2) is 16.4 Å². The monoisotopic (exact) mass is 385 g/mol. The predicted octanol–water partition coefficient (Wildman–Crippen LogP) is 2.50. The second-order valence-corrected chi connectivity index (χ2v) is 8.15. The van der Waals surface area contributed by atoms with Gasteiger partial charge >= 0.3 is 5.97 Å². The van der Waals surface area contributed by atoms with Crippen molar-refractivity contribution in [1.82, 2.24) is 0 Å². The minimum Gasteiger partial charge on any atom is -0.452 e. The molecule has 7 heteroatoms. The van der Waals surface area contributed by atoms with Gasteiger partial charge in [0.05, 0.1) is 17.4 Å². The minimum absolute atomic E-state index is 0.195. The van der Waals surface area contributed by atoms with E-state index in [0.717, 1.165) is 11.0 Å². The number of carbonyl (C=O) groups is 2. The third-order valence-electron chi connectivity index (χ3n) is 4.24. The van der Waals surface area contributed by atoms with E-state index in [1.807, 2.05) is 0 Å². The number of para-hydroxylation sites is 1. The summed E-state index contributed by atoms with van der Waals surface area (Å²) in [5, 5.41) is 1.11. The van der Waals surface area contributed by atoms with Gasteiger partial charge in [-0.15, -0.1) is 0 Å².